The molecular formula is C19H24ClN3O7. The molecular weight excluding hydrogens is 418 g/mol. The van der Waals surface area contributed by atoms with Crippen LogP contribution in [0.25, 0.3) is 0 Å². The number of nitro benzene ring substituents is 2. The summed E-state index contributed by atoms with van der Waals surface area (Å²) in [5.41, 5.74) is 0.310. The number of nitrogens with zero attached hydrogens (tertiary/aromatic N) is 3. The van der Waals surface area contributed by atoms with E-state index in [4.69, 9.17) is 14.2 Å². The van der Waals surface area contributed by atoms with E-state index in [0.717, 1.165) is 24.6 Å². The standard InChI is InChI=1S/C19H23N3O7.ClH/c1-20(9-8-14-4-6-18(27-2)19(12-14)28-3)10-11-29-17-7-5-15(21(23)24)13-16(17)22(25)26;/h4-7,12-13H,8-11H2,1-3H3;1H. The third-order valence-electron chi connectivity index (χ3n) is 4.31. The first kappa shape index (κ1) is 24.9. The molecule has 0 atom stereocenters. The summed E-state index contributed by atoms with van der Waals surface area (Å²) in [5.74, 6) is 1.35. The van der Waals surface area contributed by atoms with Crippen molar-refractivity contribution in [3.63, 3.8) is 0 Å². The average molecular weight is 442 g/mol. The lowest BCUT2D eigenvalue weighted by molar-refractivity contribution is -0.394. The number of rotatable bonds is 11. The van der Waals surface area contributed by atoms with Crippen molar-refractivity contribution in [3.8, 4) is 17.2 Å². The van der Waals surface area contributed by atoms with Gasteiger partial charge in [-0.25, -0.2) is 0 Å². The van der Waals surface area contributed by atoms with Gasteiger partial charge >= 0.3 is 5.69 Å². The number of halogens is 1. The molecule has 2 rings (SSSR count). The largest absolute Gasteiger partial charge is 0.493 e. The Balaban J connectivity index is 0.00000450. The lowest BCUT2D eigenvalue weighted by Gasteiger charge is -2.17. The van der Waals surface area contributed by atoms with Crippen molar-refractivity contribution in [2.24, 2.45) is 0 Å². The highest BCUT2D eigenvalue weighted by Gasteiger charge is 2.20. The lowest BCUT2D eigenvalue weighted by Crippen LogP contribution is -2.26. The highest BCUT2D eigenvalue weighted by atomic mass is 35.5. The topological polar surface area (TPSA) is 117 Å². The minimum atomic E-state index is -0.691. The van der Waals surface area contributed by atoms with E-state index in [1.165, 1.54) is 12.1 Å². The van der Waals surface area contributed by atoms with Crippen molar-refractivity contribution in [1.82, 2.24) is 4.90 Å². The molecule has 0 aromatic heterocycles. The number of ether oxygens (including phenoxy) is 3. The molecule has 0 heterocycles. The zero-order valence-corrected chi connectivity index (χ0v) is 17.7. The van der Waals surface area contributed by atoms with E-state index in [0.29, 0.717) is 18.0 Å². The third-order valence-corrected chi connectivity index (χ3v) is 4.31. The van der Waals surface area contributed by atoms with Crippen LogP contribution < -0.4 is 14.2 Å². The highest BCUT2D eigenvalue weighted by Crippen LogP contribution is 2.31. The van der Waals surface area contributed by atoms with Gasteiger partial charge in [0.15, 0.2) is 17.2 Å². The molecule has 164 valence electrons. The van der Waals surface area contributed by atoms with Crippen LogP contribution in [0.1, 0.15) is 5.56 Å². The summed E-state index contributed by atoms with van der Waals surface area (Å²) < 4.78 is 16.0. The molecule has 0 aliphatic heterocycles. The Morgan fingerprint density at radius 1 is 0.900 bits per heavy atom. The average Bonchev–Trinajstić information content (AvgIpc) is 2.71. The molecule has 10 nitrogen and oxygen atoms in total. The first-order chi connectivity index (χ1) is 13.8. The Morgan fingerprint density at radius 2 is 1.57 bits per heavy atom. The van der Waals surface area contributed by atoms with Crippen molar-refractivity contribution < 1.29 is 24.1 Å². The van der Waals surface area contributed by atoms with Gasteiger partial charge in [0.1, 0.15) is 6.61 Å². The van der Waals surface area contributed by atoms with Gasteiger partial charge in [-0.05, 0) is 37.2 Å². The Labute approximate surface area is 180 Å². The maximum Gasteiger partial charge on any atom is 0.317 e. The van der Waals surface area contributed by atoms with E-state index in [1.807, 2.05) is 30.1 Å². The van der Waals surface area contributed by atoms with Crippen LogP contribution in [0.5, 0.6) is 17.2 Å². The van der Waals surface area contributed by atoms with Crippen molar-refractivity contribution in [2.75, 3.05) is 41.0 Å². The lowest BCUT2D eigenvalue weighted by atomic mass is 10.1. The quantitative estimate of drug-likeness (QED) is 0.384. The van der Waals surface area contributed by atoms with Gasteiger partial charge in [0.25, 0.3) is 5.69 Å². The zero-order valence-electron chi connectivity index (χ0n) is 16.9. The Kier molecular flexibility index (Phi) is 9.79. The van der Waals surface area contributed by atoms with E-state index in [9.17, 15) is 20.2 Å². The zero-order chi connectivity index (χ0) is 21.4. The fourth-order valence-electron chi connectivity index (χ4n) is 2.66. The van der Waals surface area contributed by atoms with Crippen molar-refractivity contribution in [1.29, 1.82) is 0 Å². The molecule has 0 saturated heterocycles. The summed E-state index contributed by atoms with van der Waals surface area (Å²) >= 11 is 0. The molecule has 0 unspecified atom stereocenters. The number of non-ortho nitro benzene ring substituents is 1. The molecule has 0 saturated carbocycles. The number of hydrogen-bond donors (Lipinski definition) is 0. The summed E-state index contributed by atoms with van der Waals surface area (Å²) in [6, 6.07) is 9.07. The predicted octanol–water partition coefficient (Wildman–Crippen LogP) is 3.50. The van der Waals surface area contributed by atoms with E-state index in [-0.39, 0.29) is 30.5 Å². The Bertz CT molecular complexity index is 879. The van der Waals surface area contributed by atoms with E-state index < -0.39 is 15.5 Å². The summed E-state index contributed by atoms with van der Waals surface area (Å²) in [7, 11) is 5.08. The van der Waals surface area contributed by atoms with Crippen LogP contribution in [-0.4, -0.2) is 55.7 Å². The van der Waals surface area contributed by atoms with Crippen LogP contribution in [0.15, 0.2) is 36.4 Å². The molecule has 0 aliphatic rings. The van der Waals surface area contributed by atoms with Crippen molar-refractivity contribution >= 4 is 23.8 Å². The molecule has 0 N–H and O–H groups in total. The van der Waals surface area contributed by atoms with Crippen LogP contribution in [0.4, 0.5) is 11.4 Å². The summed E-state index contributed by atoms with van der Waals surface area (Å²) in [6.45, 7) is 1.48. The molecule has 0 amide bonds. The molecule has 0 spiro atoms. The second-order valence-electron chi connectivity index (χ2n) is 6.26. The molecule has 0 fully saturated rings. The van der Waals surface area contributed by atoms with Crippen LogP contribution in [0, 0.1) is 20.2 Å². The molecule has 2 aromatic rings. The maximum absolute atomic E-state index is 11.1. The molecule has 0 bridgehead atoms. The van der Waals surface area contributed by atoms with Crippen LogP contribution in [0.2, 0.25) is 0 Å². The normalized spacial score (nSPS) is 10.3. The van der Waals surface area contributed by atoms with Crippen LogP contribution >= 0.6 is 12.4 Å². The number of methoxy groups -OCH3 is 2. The first-order valence-electron chi connectivity index (χ1n) is 8.80. The molecule has 0 radical (unpaired) electrons. The molecule has 0 aliphatic carbocycles. The number of likely N-dealkylation sites (N-methyl/N-ethyl adjacent to an activating group) is 1. The van der Waals surface area contributed by atoms with Crippen LogP contribution in [-0.2, 0) is 6.42 Å². The fourth-order valence-corrected chi connectivity index (χ4v) is 2.66. The summed E-state index contributed by atoms with van der Waals surface area (Å²) in [6.07, 6.45) is 0.772. The van der Waals surface area contributed by atoms with Crippen molar-refractivity contribution in [2.45, 2.75) is 6.42 Å². The number of nitro groups is 2. The van der Waals surface area contributed by atoms with Gasteiger partial charge in [-0.15, -0.1) is 12.4 Å². The summed E-state index contributed by atoms with van der Waals surface area (Å²) in [5, 5.41) is 21.9. The minimum absolute atomic E-state index is 0. The van der Waals surface area contributed by atoms with Gasteiger partial charge in [-0.2, -0.15) is 0 Å². The maximum atomic E-state index is 11.1. The van der Waals surface area contributed by atoms with Gasteiger partial charge in [0.2, 0.25) is 0 Å². The second kappa shape index (κ2) is 11.8. The van der Waals surface area contributed by atoms with Gasteiger partial charge in [-0.3, -0.25) is 20.2 Å². The third kappa shape index (κ3) is 6.75. The monoisotopic (exact) mass is 441 g/mol. The second-order valence-corrected chi connectivity index (χ2v) is 6.26. The Hall–Kier alpha value is -3.11. The van der Waals surface area contributed by atoms with Gasteiger partial charge in [-0.1, -0.05) is 6.07 Å². The number of hydrogen-bond acceptors (Lipinski definition) is 8. The molecule has 2 aromatic carbocycles. The van der Waals surface area contributed by atoms with E-state index in [2.05, 4.69) is 0 Å². The van der Waals surface area contributed by atoms with Crippen LogP contribution in [0.3, 0.4) is 0 Å². The minimum Gasteiger partial charge on any atom is -0.493 e. The SMILES string of the molecule is COc1ccc(CCN(C)CCOc2ccc([N+](=O)[O-])cc2[N+](=O)[O-])cc1OC.Cl. The van der Waals surface area contributed by atoms with E-state index in [1.54, 1.807) is 14.2 Å². The van der Waals surface area contributed by atoms with Gasteiger partial charge in [0, 0.05) is 19.2 Å². The van der Waals surface area contributed by atoms with Gasteiger partial charge in [0.05, 0.1) is 30.1 Å². The van der Waals surface area contributed by atoms with Crippen molar-refractivity contribution in [3.05, 3.63) is 62.2 Å². The molecule has 11 heteroatoms. The summed E-state index contributed by atoms with van der Waals surface area (Å²) in [4.78, 5) is 22.5. The van der Waals surface area contributed by atoms with Gasteiger partial charge < -0.3 is 19.1 Å². The first-order valence-corrected chi connectivity index (χ1v) is 8.80. The number of benzene rings is 2. The fraction of sp³-hybridized carbons (Fsp3) is 0.368. The Morgan fingerprint density at radius 3 is 2.17 bits per heavy atom. The predicted molar refractivity (Wildman–Crippen MR) is 113 cm³/mol. The highest BCUT2D eigenvalue weighted by molar-refractivity contribution is 5.85. The smallest absolute Gasteiger partial charge is 0.317 e. The van der Waals surface area contributed by atoms with E-state index >= 15 is 0 Å². The molecule has 30 heavy (non-hydrogen) atoms.